The van der Waals surface area contributed by atoms with Gasteiger partial charge in [0.15, 0.2) is 0 Å². The molecule has 0 saturated carbocycles. The summed E-state index contributed by atoms with van der Waals surface area (Å²) in [6, 6.07) is 0.368. The average molecular weight is 195 g/mol. The van der Waals surface area contributed by atoms with E-state index in [2.05, 4.69) is 15.5 Å². The highest BCUT2D eigenvalue weighted by molar-refractivity contribution is 5.23. The van der Waals surface area contributed by atoms with Crippen LogP contribution in [0.1, 0.15) is 37.1 Å². The molecule has 0 amide bonds. The summed E-state index contributed by atoms with van der Waals surface area (Å²) in [5, 5.41) is 19.6. The molecule has 78 valence electrons. The second kappa shape index (κ2) is 4.11. The molecule has 1 unspecified atom stereocenters. The van der Waals surface area contributed by atoms with Crippen molar-refractivity contribution in [3.05, 3.63) is 17.5 Å². The molecule has 1 heterocycles. The second-order valence-corrected chi connectivity index (χ2v) is 4.01. The van der Waals surface area contributed by atoms with Crippen LogP contribution in [0.15, 0.2) is 6.20 Å². The minimum absolute atomic E-state index is 0.285. The smallest absolute Gasteiger partial charge is 0.0636 e. The third kappa shape index (κ3) is 1.96. The lowest BCUT2D eigenvalue weighted by Crippen LogP contribution is -2.30. The number of aromatic nitrogens is 2. The van der Waals surface area contributed by atoms with Crippen LogP contribution in [-0.4, -0.2) is 28.0 Å². The number of nitrogens with one attached hydrogen (secondary N) is 2. The van der Waals surface area contributed by atoms with Crippen molar-refractivity contribution < 1.29 is 5.11 Å². The van der Waals surface area contributed by atoms with Gasteiger partial charge in [0.2, 0.25) is 0 Å². The Balaban J connectivity index is 2.01. The lowest BCUT2D eigenvalue weighted by atomic mass is 9.93. The summed E-state index contributed by atoms with van der Waals surface area (Å²) in [6.07, 6.45) is 5.04. The second-order valence-electron chi connectivity index (χ2n) is 4.01. The van der Waals surface area contributed by atoms with E-state index in [-0.39, 0.29) is 6.10 Å². The van der Waals surface area contributed by atoms with Crippen LogP contribution in [0.2, 0.25) is 0 Å². The highest BCUT2D eigenvalue weighted by Gasteiger charge is 2.21. The third-order valence-corrected chi connectivity index (χ3v) is 2.71. The third-order valence-electron chi connectivity index (χ3n) is 2.71. The molecule has 0 fully saturated rings. The topological polar surface area (TPSA) is 60.9 Å². The molecule has 0 aliphatic heterocycles. The molecule has 0 aromatic carbocycles. The summed E-state index contributed by atoms with van der Waals surface area (Å²) >= 11 is 0. The largest absolute Gasteiger partial charge is 0.392 e. The van der Waals surface area contributed by atoms with Gasteiger partial charge in [-0.1, -0.05) is 0 Å². The van der Waals surface area contributed by atoms with Crippen molar-refractivity contribution in [3.63, 3.8) is 0 Å². The Bertz CT molecular complexity index is 295. The Morgan fingerprint density at radius 1 is 1.79 bits per heavy atom. The number of aliphatic hydroxyl groups excluding tert-OH is 1. The van der Waals surface area contributed by atoms with Gasteiger partial charge in [0.25, 0.3) is 0 Å². The van der Waals surface area contributed by atoms with Crippen LogP contribution in [0.25, 0.3) is 0 Å². The number of aliphatic hydroxyl groups is 1. The molecule has 1 aliphatic carbocycles. The fraction of sp³-hybridized carbons (Fsp3) is 0.700. The zero-order valence-electron chi connectivity index (χ0n) is 8.45. The molecular formula is C10H17N3O. The van der Waals surface area contributed by atoms with Crippen LogP contribution in [0.4, 0.5) is 0 Å². The monoisotopic (exact) mass is 195 g/mol. The molecule has 0 radical (unpaired) electrons. The zero-order chi connectivity index (χ0) is 9.97. The summed E-state index contributed by atoms with van der Waals surface area (Å²) in [6.45, 7) is 2.45. The summed E-state index contributed by atoms with van der Waals surface area (Å²) in [5.41, 5.74) is 2.52. The van der Waals surface area contributed by atoms with Gasteiger partial charge in [-0.3, -0.25) is 5.10 Å². The number of H-pyrrole nitrogens is 1. The first-order valence-electron chi connectivity index (χ1n) is 5.21. The highest BCUT2D eigenvalue weighted by Crippen LogP contribution is 2.27. The van der Waals surface area contributed by atoms with Gasteiger partial charge in [-0.2, -0.15) is 5.10 Å². The van der Waals surface area contributed by atoms with E-state index in [1.165, 1.54) is 17.7 Å². The summed E-state index contributed by atoms with van der Waals surface area (Å²) < 4.78 is 0. The molecule has 1 aliphatic rings. The van der Waals surface area contributed by atoms with Crippen molar-refractivity contribution in [1.82, 2.24) is 15.5 Å². The van der Waals surface area contributed by atoms with E-state index in [0.29, 0.717) is 12.6 Å². The Kier molecular flexibility index (Phi) is 2.84. The highest BCUT2D eigenvalue weighted by atomic mass is 16.3. The Hall–Kier alpha value is -0.870. The van der Waals surface area contributed by atoms with Gasteiger partial charge in [0.1, 0.15) is 0 Å². The quantitative estimate of drug-likeness (QED) is 0.667. The van der Waals surface area contributed by atoms with Crippen LogP contribution in [0, 0.1) is 0 Å². The lowest BCUT2D eigenvalue weighted by Gasteiger charge is -2.23. The molecule has 0 spiro atoms. The van der Waals surface area contributed by atoms with Gasteiger partial charge >= 0.3 is 0 Å². The Morgan fingerprint density at radius 2 is 2.64 bits per heavy atom. The first-order valence-corrected chi connectivity index (χ1v) is 5.21. The van der Waals surface area contributed by atoms with Crippen LogP contribution < -0.4 is 5.32 Å². The van der Waals surface area contributed by atoms with Gasteiger partial charge in [-0.05, 0) is 26.2 Å². The van der Waals surface area contributed by atoms with Gasteiger partial charge in [0, 0.05) is 23.8 Å². The number of aromatic amines is 1. The number of rotatable bonds is 3. The minimum atomic E-state index is -0.285. The number of aryl methyl sites for hydroxylation is 1. The molecule has 0 bridgehead atoms. The summed E-state index contributed by atoms with van der Waals surface area (Å²) in [5.74, 6) is 0. The van der Waals surface area contributed by atoms with E-state index >= 15 is 0 Å². The van der Waals surface area contributed by atoms with E-state index in [1.54, 1.807) is 6.92 Å². The SMILES string of the molecule is C[C@H](O)CNC1CCCc2[nH]ncc21. The lowest BCUT2D eigenvalue weighted by molar-refractivity contribution is 0.184. The van der Waals surface area contributed by atoms with Crippen LogP contribution in [0.5, 0.6) is 0 Å². The molecule has 1 aromatic rings. The maximum atomic E-state index is 9.20. The predicted molar refractivity (Wildman–Crippen MR) is 54.0 cm³/mol. The fourth-order valence-electron chi connectivity index (χ4n) is 1.99. The van der Waals surface area contributed by atoms with Crippen molar-refractivity contribution >= 4 is 0 Å². The molecule has 1 aromatic heterocycles. The van der Waals surface area contributed by atoms with Crippen molar-refractivity contribution in [1.29, 1.82) is 0 Å². The zero-order valence-corrected chi connectivity index (χ0v) is 8.45. The molecule has 3 N–H and O–H groups in total. The predicted octanol–water partition coefficient (Wildman–Crippen LogP) is 0.757. The first kappa shape index (κ1) is 9.68. The van der Waals surface area contributed by atoms with E-state index < -0.39 is 0 Å². The van der Waals surface area contributed by atoms with E-state index in [0.717, 1.165) is 12.8 Å². The normalized spacial score (nSPS) is 23.1. The Labute approximate surface area is 83.7 Å². The number of nitrogens with zero attached hydrogens (tertiary/aromatic N) is 1. The van der Waals surface area contributed by atoms with Crippen LogP contribution >= 0.6 is 0 Å². The van der Waals surface area contributed by atoms with E-state index in [1.807, 2.05) is 6.20 Å². The molecule has 0 saturated heterocycles. The molecule has 4 nitrogen and oxygen atoms in total. The molecule has 4 heteroatoms. The average Bonchev–Trinajstić information content (AvgIpc) is 2.62. The summed E-state index contributed by atoms with van der Waals surface area (Å²) in [4.78, 5) is 0. The Morgan fingerprint density at radius 3 is 3.43 bits per heavy atom. The number of fused-ring (bicyclic) bond motifs is 1. The summed E-state index contributed by atoms with van der Waals surface area (Å²) in [7, 11) is 0. The van der Waals surface area contributed by atoms with E-state index in [9.17, 15) is 5.11 Å². The van der Waals surface area contributed by atoms with Crippen molar-refractivity contribution in [2.45, 2.75) is 38.3 Å². The van der Waals surface area contributed by atoms with Crippen molar-refractivity contribution in [3.8, 4) is 0 Å². The fourth-order valence-corrected chi connectivity index (χ4v) is 1.99. The van der Waals surface area contributed by atoms with Crippen LogP contribution in [0.3, 0.4) is 0 Å². The van der Waals surface area contributed by atoms with Gasteiger partial charge in [-0.15, -0.1) is 0 Å². The molecule has 2 atom stereocenters. The molecular weight excluding hydrogens is 178 g/mol. The van der Waals surface area contributed by atoms with Gasteiger partial charge in [0.05, 0.1) is 12.3 Å². The van der Waals surface area contributed by atoms with Crippen molar-refractivity contribution in [2.75, 3.05) is 6.54 Å². The van der Waals surface area contributed by atoms with E-state index in [4.69, 9.17) is 0 Å². The number of hydrogen-bond acceptors (Lipinski definition) is 3. The van der Waals surface area contributed by atoms with Gasteiger partial charge in [-0.25, -0.2) is 0 Å². The van der Waals surface area contributed by atoms with Gasteiger partial charge < -0.3 is 10.4 Å². The maximum absolute atomic E-state index is 9.20. The van der Waals surface area contributed by atoms with Crippen molar-refractivity contribution in [2.24, 2.45) is 0 Å². The minimum Gasteiger partial charge on any atom is -0.392 e. The first-order chi connectivity index (χ1) is 6.77. The standard InChI is InChI=1S/C10H17N3O/c1-7(14)5-11-9-3-2-4-10-8(9)6-12-13-10/h6-7,9,11,14H,2-5H2,1H3,(H,12,13)/t7-,9?/m0/s1. The number of hydrogen-bond donors (Lipinski definition) is 3. The molecule has 14 heavy (non-hydrogen) atoms. The molecule has 2 rings (SSSR count). The van der Waals surface area contributed by atoms with Crippen LogP contribution in [-0.2, 0) is 6.42 Å². The maximum Gasteiger partial charge on any atom is 0.0636 e.